The third kappa shape index (κ3) is 2.67. The van der Waals surface area contributed by atoms with Crippen molar-refractivity contribution >= 4 is 5.82 Å². The minimum Gasteiger partial charge on any atom is -0.366 e. The first-order chi connectivity index (χ1) is 7.38. The third-order valence-corrected chi connectivity index (χ3v) is 2.46. The molecule has 4 nitrogen and oxygen atoms in total. The van der Waals surface area contributed by atoms with Gasteiger partial charge in [0.25, 0.3) is 0 Å². The first-order valence-electron chi connectivity index (χ1n) is 5.14. The van der Waals surface area contributed by atoms with E-state index in [4.69, 9.17) is 6.42 Å². The molecule has 1 fully saturated rings. The highest BCUT2D eigenvalue weighted by atomic mass is 15.1. The standard InChI is InChI=1S/C11H14N4/c1-2-9-6-11(14-8-13-9)15-10-4-3-5-12-7-10/h1,6,8,10,12H,3-5,7H2,(H,13,14,15). The van der Waals surface area contributed by atoms with E-state index < -0.39 is 0 Å². The largest absolute Gasteiger partial charge is 0.366 e. The number of anilines is 1. The zero-order valence-corrected chi connectivity index (χ0v) is 8.53. The summed E-state index contributed by atoms with van der Waals surface area (Å²) >= 11 is 0. The highest BCUT2D eigenvalue weighted by Gasteiger charge is 2.12. The van der Waals surface area contributed by atoms with Crippen LogP contribution in [0.3, 0.4) is 0 Å². The Bertz CT molecular complexity index is 363. The van der Waals surface area contributed by atoms with E-state index in [2.05, 4.69) is 26.5 Å². The second-order valence-electron chi connectivity index (χ2n) is 3.62. The van der Waals surface area contributed by atoms with Crippen LogP contribution in [0.15, 0.2) is 12.4 Å². The number of nitrogens with one attached hydrogen (secondary N) is 2. The van der Waals surface area contributed by atoms with Gasteiger partial charge in [0, 0.05) is 18.7 Å². The maximum absolute atomic E-state index is 5.27. The van der Waals surface area contributed by atoms with E-state index in [-0.39, 0.29) is 0 Å². The highest BCUT2D eigenvalue weighted by Crippen LogP contribution is 2.09. The molecule has 1 saturated heterocycles. The molecule has 0 aliphatic carbocycles. The summed E-state index contributed by atoms with van der Waals surface area (Å²) in [5.74, 6) is 3.31. The molecule has 2 heterocycles. The Morgan fingerprint density at radius 1 is 1.53 bits per heavy atom. The summed E-state index contributed by atoms with van der Waals surface area (Å²) in [6.07, 6.45) is 9.13. The van der Waals surface area contributed by atoms with Gasteiger partial charge in [-0.2, -0.15) is 0 Å². The second kappa shape index (κ2) is 4.76. The summed E-state index contributed by atoms with van der Waals surface area (Å²) in [4.78, 5) is 8.08. The van der Waals surface area contributed by atoms with Crippen LogP contribution in [-0.4, -0.2) is 29.1 Å². The molecule has 0 radical (unpaired) electrons. The summed E-state index contributed by atoms with van der Waals surface area (Å²) in [5.41, 5.74) is 0.622. The predicted molar refractivity (Wildman–Crippen MR) is 59.5 cm³/mol. The normalized spacial score (nSPS) is 20.6. The smallest absolute Gasteiger partial charge is 0.130 e. The number of aromatic nitrogens is 2. The van der Waals surface area contributed by atoms with Crippen LogP contribution in [0.4, 0.5) is 5.82 Å². The monoisotopic (exact) mass is 202 g/mol. The molecule has 1 aromatic rings. The summed E-state index contributed by atoms with van der Waals surface area (Å²) in [7, 11) is 0. The van der Waals surface area contributed by atoms with Gasteiger partial charge in [-0.25, -0.2) is 9.97 Å². The Morgan fingerprint density at radius 3 is 3.20 bits per heavy atom. The van der Waals surface area contributed by atoms with E-state index >= 15 is 0 Å². The van der Waals surface area contributed by atoms with Crippen LogP contribution >= 0.6 is 0 Å². The van der Waals surface area contributed by atoms with Crippen LogP contribution < -0.4 is 10.6 Å². The lowest BCUT2D eigenvalue weighted by atomic mass is 10.1. The average Bonchev–Trinajstić information content (AvgIpc) is 2.31. The minimum absolute atomic E-state index is 0.444. The van der Waals surface area contributed by atoms with Gasteiger partial charge in [0.05, 0.1) is 0 Å². The molecule has 2 rings (SSSR count). The first kappa shape index (κ1) is 9.94. The van der Waals surface area contributed by atoms with Crippen LogP contribution in [0, 0.1) is 12.3 Å². The van der Waals surface area contributed by atoms with E-state index in [1.807, 2.05) is 0 Å². The van der Waals surface area contributed by atoms with Crippen molar-refractivity contribution in [2.24, 2.45) is 0 Å². The van der Waals surface area contributed by atoms with E-state index in [1.54, 1.807) is 6.07 Å². The quantitative estimate of drug-likeness (QED) is 0.690. The SMILES string of the molecule is C#Cc1cc(NC2CCCNC2)ncn1. The Labute approximate surface area is 89.5 Å². The van der Waals surface area contributed by atoms with Gasteiger partial charge >= 0.3 is 0 Å². The van der Waals surface area contributed by atoms with Crippen molar-refractivity contribution in [3.8, 4) is 12.3 Å². The van der Waals surface area contributed by atoms with Crippen molar-refractivity contribution in [3.63, 3.8) is 0 Å². The molecule has 0 saturated carbocycles. The fraction of sp³-hybridized carbons (Fsp3) is 0.455. The molecule has 0 aromatic carbocycles. The topological polar surface area (TPSA) is 49.8 Å². The van der Waals surface area contributed by atoms with Crippen molar-refractivity contribution in [2.75, 3.05) is 18.4 Å². The Balaban J connectivity index is 2.00. The lowest BCUT2D eigenvalue weighted by Crippen LogP contribution is -2.38. The number of hydrogen-bond acceptors (Lipinski definition) is 4. The van der Waals surface area contributed by atoms with Crippen LogP contribution in [-0.2, 0) is 0 Å². The molecule has 1 unspecified atom stereocenters. The summed E-state index contributed by atoms with van der Waals surface area (Å²) in [6, 6.07) is 2.24. The van der Waals surface area contributed by atoms with Gasteiger partial charge in [-0.05, 0) is 19.4 Å². The molecule has 4 heteroatoms. The summed E-state index contributed by atoms with van der Waals surface area (Å²) in [6.45, 7) is 2.09. The first-order valence-corrected chi connectivity index (χ1v) is 5.14. The fourth-order valence-corrected chi connectivity index (χ4v) is 1.70. The molecular weight excluding hydrogens is 188 g/mol. The van der Waals surface area contributed by atoms with Gasteiger partial charge in [0.2, 0.25) is 0 Å². The van der Waals surface area contributed by atoms with Gasteiger partial charge in [-0.3, -0.25) is 0 Å². The fourth-order valence-electron chi connectivity index (χ4n) is 1.70. The minimum atomic E-state index is 0.444. The van der Waals surface area contributed by atoms with Gasteiger partial charge in [-0.15, -0.1) is 6.42 Å². The zero-order chi connectivity index (χ0) is 10.5. The molecule has 1 aliphatic heterocycles. The van der Waals surface area contributed by atoms with Crippen molar-refractivity contribution in [1.29, 1.82) is 0 Å². The summed E-state index contributed by atoms with van der Waals surface area (Å²) in [5, 5.41) is 6.68. The Kier molecular flexibility index (Phi) is 3.15. The van der Waals surface area contributed by atoms with Crippen LogP contribution in [0.25, 0.3) is 0 Å². The molecule has 0 bridgehead atoms. The maximum atomic E-state index is 5.27. The van der Waals surface area contributed by atoms with E-state index in [1.165, 1.54) is 19.2 Å². The molecule has 2 N–H and O–H groups in total. The van der Waals surface area contributed by atoms with Crippen molar-refractivity contribution in [3.05, 3.63) is 18.1 Å². The lowest BCUT2D eigenvalue weighted by molar-refractivity contribution is 0.479. The molecule has 1 aromatic heterocycles. The number of nitrogens with zero attached hydrogens (tertiary/aromatic N) is 2. The molecular formula is C11H14N4. The molecule has 1 aliphatic rings. The van der Waals surface area contributed by atoms with Gasteiger partial charge < -0.3 is 10.6 Å². The number of rotatable bonds is 2. The molecule has 0 spiro atoms. The molecule has 1 atom stereocenters. The maximum Gasteiger partial charge on any atom is 0.130 e. The van der Waals surface area contributed by atoms with Gasteiger partial charge in [0.15, 0.2) is 0 Å². The van der Waals surface area contributed by atoms with E-state index in [0.29, 0.717) is 11.7 Å². The van der Waals surface area contributed by atoms with Gasteiger partial charge in [-0.1, -0.05) is 5.92 Å². The van der Waals surface area contributed by atoms with Crippen molar-refractivity contribution in [1.82, 2.24) is 15.3 Å². The lowest BCUT2D eigenvalue weighted by Gasteiger charge is -2.24. The van der Waals surface area contributed by atoms with Crippen LogP contribution in [0.1, 0.15) is 18.5 Å². The molecule has 15 heavy (non-hydrogen) atoms. The van der Waals surface area contributed by atoms with Crippen molar-refractivity contribution < 1.29 is 0 Å². The van der Waals surface area contributed by atoms with Gasteiger partial charge in [0.1, 0.15) is 17.8 Å². The third-order valence-electron chi connectivity index (χ3n) is 2.46. The highest BCUT2D eigenvalue weighted by molar-refractivity contribution is 5.40. The Hall–Kier alpha value is -1.60. The second-order valence-corrected chi connectivity index (χ2v) is 3.62. The number of hydrogen-bond donors (Lipinski definition) is 2. The van der Waals surface area contributed by atoms with E-state index in [9.17, 15) is 0 Å². The number of piperidine rings is 1. The number of terminal acetylenes is 1. The molecule has 78 valence electrons. The van der Waals surface area contributed by atoms with Crippen LogP contribution in [0.5, 0.6) is 0 Å². The predicted octanol–water partition coefficient (Wildman–Crippen LogP) is 0.622. The molecule has 0 amide bonds. The zero-order valence-electron chi connectivity index (χ0n) is 8.53. The van der Waals surface area contributed by atoms with Crippen molar-refractivity contribution in [2.45, 2.75) is 18.9 Å². The summed E-state index contributed by atoms with van der Waals surface area (Å²) < 4.78 is 0. The van der Waals surface area contributed by atoms with Crippen LogP contribution in [0.2, 0.25) is 0 Å². The average molecular weight is 202 g/mol. The van der Waals surface area contributed by atoms with E-state index in [0.717, 1.165) is 18.9 Å². The Morgan fingerprint density at radius 2 is 2.47 bits per heavy atom.